The maximum absolute atomic E-state index is 12.2. The molecule has 1 aliphatic rings. The van der Waals surface area contributed by atoms with Crippen LogP contribution in [0.3, 0.4) is 0 Å². The number of aromatic amines is 1. The number of hydrogen-bond acceptors (Lipinski definition) is 4. The average Bonchev–Trinajstić information content (AvgIpc) is 2.73. The third-order valence-electron chi connectivity index (χ3n) is 4.73. The van der Waals surface area contributed by atoms with Crippen molar-refractivity contribution in [1.82, 2.24) is 15.3 Å². The predicted octanol–water partition coefficient (Wildman–Crippen LogP) is 3.41. The number of aromatic nitrogens is 2. The third kappa shape index (κ3) is 2.90. The molecule has 2 heterocycles. The van der Waals surface area contributed by atoms with E-state index in [4.69, 9.17) is 0 Å². The molecule has 0 spiro atoms. The molecular weight excluding hydrogens is 282 g/mol. The van der Waals surface area contributed by atoms with Crippen LogP contribution >= 0.6 is 11.3 Å². The third-order valence-corrected chi connectivity index (χ3v) is 5.83. The first kappa shape index (κ1) is 14.7. The summed E-state index contributed by atoms with van der Waals surface area (Å²) in [5.74, 6) is 0.751. The Morgan fingerprint density at radius 1 is 1.29 bits per heavy atom. The van der Waals surface area contributed by atoms with Crippen molar-refractivity contribution in [2.45, 2.75) is 65.0 Å². The number of rotatable bonds is 3. The Morgan fingerprint density at radius 3 is 2.71 bits per heavy atom. The molecule has 1 aliphatic carbocycles. The summed E-state index contributed by atoms with van der Waals surface area (Å²) in [4.78, 5) is 21.9. The van der Waals surface area contributed by atoms with E-state index in [0.717, 1.165) is 21.6 Å². The summed E-state index contributed by atoms with van der Waals surface area (Å²) in [5, 5.41) is 4.35. The molecule has 0 bridgehead atoms. The minimum absolute atomic E-state index is 0.00699. The molecule has 1 saturated carbocycles. The zero-order valence-corrected chi connectivity index (χ0v) is 13.8. The second-order valence-corrected chi connectivity index (χ2v) is 7.65. The van der Waals surface area contributed by atoms with Gasteiger partial charge in [0.2, 0.25) is 0 Å². The smallest absolute Gasteiger partial charge is 0.259 e. The van der Waals surface area contributed by atoms with Gasteiger partial charge in [-0.2, -0.15) is 0 Å². The fraction of sp³-hybridized carbons (Fsp3) is 0.625. The molecule has 5 heteroatoms. The van der Waals surface area contributed by atoms with Crippen LogP contribution < -0.4 is 10.9 Å². The summed E-state index contributed by atoms with van der Waals surface area (Å²) in [5.41, 5.74) is 1.24. The van der Waals surface area contributed by atoms with Crippen molar-refractivity contribution in [1.29, 1.82) is 0 Å². The normalized spacial score (nSPS) is 18.2. The first-order valence-corrected chi connectivity index (χ1v) is 8.54. The van der Waals surface area contributed by atoms with Crippen molar-refractivity contribution in [3.63, 3.8) is 0 Å². The number of thiophene rings is 1. The minimum Gasteiger partial charge on any atom is -0.309 e. The Morgan fingerprint density at radius 2 is 2.00 bits per heavy atom. The van der Waals surface area contributed by atoms with Gasteiger partial charge < -0.3 is 10.3 Å². The molecule has 1 fully saturated rings. The van der Waals surface area contributed by atoms with E-state index < -0.39 is 0 Å². The van der Waals surface area contributed by atoms with Crippen LogP contribution in [0.5, 0.6) is 0 Å². The fourth-order valence-corrected chi connectivity index (χ4v) is 4.24. The van der Waals surface area contributed by atoms with Gasteiger partial charge in [0, 0.05) is 10.4 Å². The highest BCUT2D eigenvalue weighted by atomic mass is 32.1. The Bertz CT molecular complexity index is 710. The molecule has 2 N–H and O–H groups in total. The van der Waals surface area contributed by atoms with Gasteiger partial charge in [0.15, 0.2) is 0 Å². The second-order valence-electron chi connectivity index (χ2n) is 6.45. The number of nitrogens with zero attached hydrogens (tertiary/aromatic N) is 1. The molecule has 21 heavy (non-hydrogen) atoms. The monoisotopic (exact) mass is 305 g/mol. The van der Waals surface area contributed by atoms with Gasteiger partial charge in [-0.1, -0.05) is 19.3 Å². The number of hydrogen-bond donors (Lipinski definition) is 2. The largest absolute Gasteiger partial charge is 0.309 e. The van der Waals surface area contributed by atoms with Gasteiger partial charge in [-0.05, 0) is 39.2 Å². The molecular formula is C16H23N3OS. The topological polar surface area (TPSA) is 57.8 Å². The van der Waals surface area contributed by atoms with Gasteiger partial charge >= 0.3 is 0 Å². The first-order chi connectivity index (χ1) is 9.98. The van der Waals surface area contributed by atoms with Gasteiger partial charge in [0.05, 0.1) is 11.9 Å². The Balaban J connectivity index is 1.83. The molecule has 3 rings (SSSR count). The van der Waals surface area contributed by atoms with Crippen LogP contribution in [0.1, 0.15) is 55.3 Å². The number of nitrogens with one attached hydrogen (secondary N) is 2. The highest BCUT2D eigenvalue weighted by molar-refractivity contribution is 7.18. The van der Waals surface area contributed by atoms with Crippen molar-refractivity contribution >= 4 is 21.6 Å². The maximum atomic E-state index is 12.2. The second kappa shape index (κ2) is 5.54. The van der Waals surface area contributed by atoms with E-state index in [0.29, 0.717) is 6.54 Å². The minimum atomic E-state index is -0.00699. The van der Waals surface area contributed by atoms with Crippen LogP contribution in [-0.2, 0) is 6.54 Å². The van der Waals surface area contributed by atoms with Crippen LogP contribution in [0.25, 0.3) is 10.2 Å². The van der Waals surface area contributed by atoms with E-state index in [1.807, 2.05) is 13.8 Å². The lowest BCUT2D eigenvalue weighted by atomic mass is 9.83. The molecule has 0 saturated heterocycles. The standard InChI is InChI=1S/C16H23N3OS/c1-10-11(2)21-15-13(10)14(20)18-12(19-15)9-17-16(3)7-5-4-6-8-16/h17H,4-9H2,1-3H3,(H,18,19,20). The van der Waals surface area contributed by atoms with E-state index >= 15 is 0 Å². The quantitative estimate of drug-likeness (QED) is 0.913. The summed E-state index contributed by atoms with van der Waals surface area (Å²) < 4.78 is 0. The molecule has 2 aromatic rings. The van der Waals surface area contributed by atoms with Gasteiger partial charge in [0.25, 0.3) is 5.56 Å². The number of aryl methyl sites for hydroxylation is 2. The summed E-state index contributed by atoms with van der Waals surface area (Å²) in [6.07, 6.45) is 6.32. The molecule has 0 aliphatic heterocycles. The summed E-state index contributed by atoms with van der Waals surface area (Å²) >= 11 is 1.61. The van der Waals surface area contributed by atoms with E-state index in [2.05, 4.69) is 22.2 Å². The SMILES string of the molecule is Cc1sc2nc(CNC3(C)CCCCC3)[nH]c(=O)c2c1C. The lowest BCUT2D eigenvalue weighted by molar-refractivity contribution is 0.250. The molecule has 0 atom stereocenters. The number of fused-ring (bicyclic) bond motifs is 1. The lowest BCUT2D eigenvalue weighted by Crippen LogP contribution is -2.43. The maximum Gasteiger partial charge on any atom is 0.259 e. The van der Waals surface area contributed by atoms with Crippen molar-refractivity contribution in [3.05, 3.63) is 26.6 Å². The predicted molar refractivity (Wildman–Crippen MR) is 88.0 cm³/mol. The highest BCUT2D eigenvalue weighted by Gasteiger charge is 2.26. The molecule has 114 valence electrons. The molecule has 2 aromatic heterocycles. The van der Waals surface area contributed by atoms with Gasteiger partial charge in [-0.3, -0.25) is 4.79 Å². The number of H-pyrrole nitrogens is 1. The first-order valence-electron chi connectivity index (χ1n) is 7.72. The van der Waals surface area contributed by atoms with Crippen molar-refractivity contribution in [2.75, 3.05) is 0 Å². The van der Waals surface area contributed by atoms with E-state index in [1.54, 1.807) is 11.3 Å². The van der Waals surface area contributed by atoms with Crippen LogP contribution in [0.4, 0.5) is 0 Å². The van der Waals surface area contributed by atoms with Crippen molar-refractivity contribution in [3.8, 4) is 0 Å². The zero-order chi connectivity index (χ0) is 15.0. The zero-order valence-electron chi connectivity index (χ0n) is 13.0. The van der Waals surface area contributed by atoms with Crippen LogP contribution in [0.15, 0.2) is 4.79 Å². The van der Waals surface area contributed by atoms with Crippen LogP contribution in [0.2, 0.25) is 0 Å². The van der Waals surface area contributed by atoms with Crippen molar-refractivity contribution in [2.24, 2.45) is 0 Å². The lowest BCUT2D eigenvalue weighted by Gasteiger charge is -2.34. The van der Waals surface area contributed by atoms with Gasteiger partial charge in [0.1, 0.15) is 10.7 Å². The summed E-state index contributed by atoms with van der Waals surface area (Å²) in [6.45, 7) is 6.95. The molecule has 0 amide bonds. The summed E-state index contributed by atoms with van der Waals surface area (Å²) in [6, 6.07) is 0. The highest BCUT2D eigenvalue weighted by Crippen LogP contribution is 2.28. The average molecular weight is 305 g/mol. The fourth-order valence-electron chi connectivity index (χ4n) is 3.19. The Hall–Kier alpha value is -1.20. The van der Waals surface area contributed by atoms with E-state index in [9.17, 15) is 4.79 Å². The molecule has 0 aromatic carbocycles. The molecule has 0 unspecified atom stereocenters. The van der Waals surface area contributed by atoms with Crippen LogP contribution in [0, 0.1) is 13.8 Å². The molecule has 0 radical (unpaired) electrons. The molecule has 4 nitrogen and oxygen atoms in total. The van der Waals surface area contributed by atoms with Crippen molar-refractivity contribution < 1.29 is 0 Å². The van der Waals surface area contributed by atoms with E-state index in [-0.39, 0.29) is 11.1 Å². The van der Waals surface area contributed by atoms with Crippen LogP contribution in [-0.4, -0.2) is 15.5 Å². The Labute approximate surface area is 129 Å². The van der Waals surface area contributed by atoms with Gasteiger partial charge in [-0.15, -0.1) is 11.3 Å². The van der Waals surface area contributed by atoms with Gasteiger partial charge in [-0.25, -0.2) is 4.98 Å². The summed E-state index contributed by atoms with van der Waals surface area (Å²) in [7, 11) is 0. The Kier molecular flexibility index (Phi) is 3.88. The van der Waals surface area contributed by atoms with E-state index in [1.165, 1.54) is 37.0 Å².